The molecule has 73 valence electrons. The molecule has 0 aliphatic heterocycles. The van der Waals surface area contributed by atoms with Crippen LogP contribution in [0.25, 0.3) is 0 Å². The summed E-state index contributed by atoms with van der Waals surface area (Å²) in [6.45, 7) is 3.55. The van der Waals surface area contributed by atoms with Gasteiger partial charge in [0.25, 0.3) is 0 Å². The van der Waals surface area contributed by atoms with Crippen LogP contribution in [0.1, 0.15) is 15.9 Å². The molecular weight excluding hydrogens is 180 g/mol. The summed E-state index contributed by atoms with van der Waals surface area (Å²) in [7, 11) is 1.31. The Bertz CT molecular complexity index is 356. The van der Waals surface area contributed by atoms with E-state index in [1.165, 1.54) is 13.2 Å². The Balaban J connectivity index is 3.05. The average Bonchev–Trinajstić information content (AvgIpc) is 2.20. The molecule has 0 heterocycles. The van der Waals surface area contributed by atoms with Crippen LogP contribution in [0.2, 0.25) is 0 Å². The van der Waals surface area contributed by atoms with Crippen molar-refractivity contribution in [2.75, 3.05) is 7.11 Å². The molecule has 0 saturated heterocycles. The molecule has 0 atom stereocenters. The number of allylic oxidation sites excluding steroid dienone is 1. The molecule has 1 aromatic carbocycles. The normalized spacial score (nSPS) is 9.50. The zero-order chi connectivity index (χ0) is 10.6. The fourth-order valence-electron chi connectivity index (χ4n) is 1.08. The topological polar surface area (TPSA) is 46.5 Å². The first kappa shape index (κ1) is 10.3. The van der Waals surface area contributed by atoms with Crippen molar-refractivity contribution >= 4 is 5.97 Å². The number of rotatable bonds is 3. The van der Waals surface area contributed by atoms with Crippen LogP contribution in [0.3, 0.4) is 0 Å². The van der Waals surface area contributed by atoms with E-state index in [9.17, 15) is 9.90 Å². The van der Waals surface area contributed by atoms with Gasteiger partial charge in [-0.1, -0.05) is 6.08 Å². The van der Waals surface area contributed by atoms with E-state index in [1.54, 1.807) is 12.1 Å². The minimum Gasteiger partial charge on any atom is -0.507 e. The van der Waals surface area contributed by atoms with E-state index in [-0.39, 0.29) is 5.75 Å². The van der Waals surface area contributed by atoms with E-state index in [0.717, 1.165) is 0 Å². The zero-order valence-electron chi connectivity index (χ0n) is 7.91. The lowest BCUT2D eigenvalue weighted by Crippen LogP contribution is -2.01. The predicted molar refractivity (Wildman–Crippen MR) is 52.2 cm³/mol. The minimum atomic E-state index is -0.438. The van der Waals surface area contributed by atoms with Gasteiger partial charge < -0.3 is 9.84 Å². The van der Waals surface area contributed by atoms with E-state index in [4.69, 9.17) is 0 Å². The Morgan fingerprint density at radius 3 is 3.07 bits per heavy atom. The van der Waals surface area contributed by atoms with Crippen LogP contribution in [0.5, 0.6) is 5.75 Å². The van der Waals surface area contributed by atoms with Crippen molar-refractivity contribution in [2.24, 2.45) is 0 Å². The SMILES string of the molecule is C=CCc1cc(C(=O)OC)c[c]c1O. The third-order valence-corrected chi connectivity index (χ3v) is 1.78. The molecule has 0 aliphatic carbocycles. The molecule has 0 unspecified atom stereocenters. The highest BCUT2D eigenvalue weighted by molar-refractivity contribution is 5.89. The van der Waals surface area contributed by atoms with Crippen LogP contribution in [0, 0.1) is 6.07 Å². The number of phenols is 1. The van der Waals surface area contributed by atoms with E-state index < -0.39 is 5.97 Å². The van der Waals surface area contributed by atoms with E-state index in [0.29, 0.717) is 17.5 Å². The summed E-state index contributed by atoms with van der Waals surface area (Å²) < 4.78 is 4.54. The summed E-state index contributed by atoms with van der Waals surface area (Å²) in [6.07, 6.45) is 2.14. The molecule has 0 bridgehead atoms. The average molecular weight is 191 g/mol. The number of methoxy groups -OCH3 is 1. The van der Waals surface area contributed by atoms with Gasteiger partial charge in [0.05, 0.1) is 12.7 Å². The molecule has 1 rings (SSSR count). The summed E-state index contributed by atoms with van der Waals surface area (Å²) in [6, 6.07) is 5.54. The van der Waals surface area contributed by atoms with Gasteiger partial charge >= 0.3 is 5.97 Å². The second kappa shape index (κ2) is 4.46. The molecular formula is C11H11O3. The predicted octanol–water partition coefficient (Wildman–Crippen LogP) is 1.71. The Hall–Kier alpha value is -1.77. The van der Waals surface area contributed by atoms with Crippen molar-refractivity contribution in [1.29, 1.82) is 0 Å². The molecule has 1 radical (unpaired) electrons. The van der Waals surface area contributed by atoms with Gasteiger partial charge in [0.2, 0.25) is 0 Å². The molecule has 0 spiro atoms. The molecule has 3 heteroatoms. The molecule has 1 N–H and O–H groups in total. The van der Waals surface area contributed by atoms with Gasteiger partial charge in [0.15, 0.2) is 0 Å². The monoisotopic (exact) mass is 191 g/mol. The number of aromatic hydroxyl groups is 1. The second-order valence-corrected chi connectivity index (χ2v) is 2.75. The summed E-state index contributed by atoms with van der Waals surface area (Å²) in [4.78, 5) is 11.1. The highest BCUT2D eigenvalue weighted by Crippen LogP contribution is 2.18. The molecule has 3 nitrogen and oxygen atoms in total. The number of ether oxygens (including phenoxy) is 1. The van der Waals surface area contributed by atoms with E-state index in [2.05, 4.69) is 17.4 Å². The number of phenolic OH excluding ortho intramolecular Hbond substituents is 1. The molecule has 0 aliphatic rings. The Morgan fingerprint density at radius 1 is 1.79 bits per heavy atom. The van der Waals surface area contributed by atoms with Gasteiger partial charge in [-0.15, -0.1) is 6.58 Å². The molecule has 0 saturated carbocycles. The van der Waals surface area contributed by atoms with Gasteiger partial charge in [-0.2, -0.15) is 0 Å². The largest absolute Gasteiger partial charge is 0.507 e. The minimum absolute atomic E-state index is 0.0394. The van der Waals surface area contributed by atoms with Crippen molar-refractivity contribution in [3.63, 3.8) is 0 Å². The Labute approximate surface area is 82.6 Å². The van der Waals surface area contributed by atoms with Crippen LogP contribution >= 0.6 is 0 Å². The number of carbonyl (C=O) groups excluding carboxylic acids is 1. The molecule has 0 aromatic heterocycles. The maximum atomic E-state index is 11.1. The van der Waals surface area contributed by atoms with E-state index >= 15 is 0 Å². The quantitative estimate of drug-likeness (QED) is 0.584. The number of benzene rings is 1. The maximum Gasteiger partial charge on any atom is 0.337 e. The fraction of sp³-hybridized carbons (Fsp3) is 0.182. The number of esters is 1. The van der Waals surface area contributed by atoms with Gasteiger partial charge in [0.1, 0.15) is 5.75 Å². The zero-order valence-corrected chi connectivity index (χ0v) is 7.91. The lowest BCUT2D eigenvalue weighted by molar-refractivity contribution is 0.0600. The van der Waals surface area contributed by atoms with E-state index in [1.807, 2.05) is 0 Å². The maximum absolute atomic E-state index is 11.1. The number of hydrogen-bond acceptors (Lipinski definition) is 3. The smallest absolute Gasteiger partial charge is 0.337 e. The van der Waals surface area contributed by atoms with Crippen LogP contribution < -0.4 is 0 Å². The fourth-order valence-corrected chi connectivity index (χ4v) is 1.08. The van der Waals surface area contributed by atoms with Crippen LogP contribution in [-0.2, 0) is 11.2 Å². The van der Waals surface area contributed by atoms with Gasteiger partial charge in [0, 0.05) is 6.07 Å². The summed E-state index contributed by atoms with van der Waals surface area (Å²) in [5, 5.41) is 9.37. The molecule has 0 amide bonds. The van der Waals surface area contributed by atoms with Crippen LogP contribution in [-0.4, -0.2) is 18.2 Å². The first-order valence-electron chi connectivity index (χ1n) is 4.11. The third-order valence-electron chi connectivity index (χ3n) is 1.78. The van der Waals surface area contributed by atoms with Crippen molar-refractivity contribution < 1.29 is 14.6 Å². The van der Waals surface area contributed by atoms with Crippen molar-refractivity contribution in [2.45, 2.75) is 6.42 Å². The first-order chi connectivity index (χ1) is 6.69. The molecule has 0 fully saturated rings. The third kappa shape index (κ3) is 2.13. The van der Waals surface area contributed by atoms with Crippen LogP contribution in [0.15, 0.2) is 24.8 Å². The molecule has 14 heavy (non-hydrogen) atoms. The number of carbonyl (C=O) groups is 1. The van der Waals surface area contributed by atoms with Gasteiger partial charge in [-0.05, 0) is 24.1 Å². The second-order valence-electron chi connectivity index (χ2n) is 2.75. The van der Waals surface area contributed by atoms with Crippen molar-refractivity contribution in [3.8, 4) is 5.75 Å². The lowest BCUT2D eigenvalue weighted by Gasteiger charge is -2.03. The summed E-state index contributed by atoms with van der Waals surface area (Å²) >= 11 is 0. The van der Waals surface area contributed by atoms with Gasteiger partial charge in [-0.3, -0.25) is 0 Å². The lowest BCUT2D eigenvalue weighted by atomic mass is 10.1. The highest BCUT2D eigenvalue weighted by Gasteiger charge is 2.08. The van der Waals surface area contributed by atoms with Crippen LogP contribution in [0.4, 0.5) is 0 Å². The van der Waals surface area contributed by atoms with Crippen molar-refractivity contribution in [3.05, 3.63) is 42.0 Å². The van der Waals surface area contributed by atoms with Gasteiger partial charge in [-0.25, -0.2) is 4.79 Å². The summed E-state index contributed by atoms with van der Waals surface area (Å²) in [5.74, 6) is -0.399. The molecule has 1 aromatic rings. The Kier molecular flexibility index (Phi) is 3.29. The highest BCUT2D eigenvalue weighted by atomic mass is 16.5. The van der Waals surface area contributed by atoms with Crippen molar-refractivity contribution in [1.82, 2.24) is 0 Å². The Morgan fingerprint density at radius 2 is 2.50 bits per heavy atom. The number of hydrogen-bond donors (Lipinski definition) is 1. The first-order valence-corrected chi connectivity index (χ1v) is 4.11. The standard InChI is InChI=1S/C11H11O3/c1-3-4-8-7-9(11(13)14-2)5-6-10(8)12/h3,5,7,12H,1,4H2,2H3. The summed E-state index contributed by atoms with van der Waals surface area (Å²) in [5.41, 5.74) is 0.991.